The van der Waals surface area contributed by atoms with Crippen LogP contribution in [-0.4, -0.2) is 68.5 Å². The zero-order valence-corrected chi connectivity index (χ0v) is 11.6. The van der Waals surface area contributed by atoms with E-state index in [0.29, 0.717) is 25.7 Å². The molecule has 1 fully saturated rings. The summed E-state index contributed by atoms with van der Waals surface area (Å²) in [5.74, 6) is -6.26. The summed E-state index contributed by atoms with van der Waals surface area (Å²) in [6, 6.07) is -4.96. The van der Waals surface area contributed by atoms with Gasteiger partial charge in [0.25, 0.3) is 0 Å². The van der Waals surface area contributed by atoms with E-state index in [1.54, 1.807) is 0 Å². The molecule has 2 atom stereocenters. The average molecular weight is 318 g/mol. The summed E-state index contributed by atoms with van der Waals surface area (Å²) in [5, 5.41) is 40.3. The first-order valence-electron chi connectivity index (χ1n) is 6.67. The molecule has 0 heterocycles. The van der Waals surface area contributed by atoms with Crippen LogP contribution in [0, 0.1) is 0 Å². The molecule has 0 aromatic heterocycles. The van der Waals surface area contributed by atoms with E-state index in [-0.39, 0.29) is 0 Å². The number of nitrogens with one attached hydrogen (secondary N) is 2. The first kappa shape index (κ1) is 17.9. The van der Waals surface area contributed by atoms with Crippen LogP contribution in [0.3, 0.4) is 0 Å². The van der Waals surface area contributed by atoms with Crippen LogP contribution in [0.15, 0.2) is 0 Å². The summed E-state index contributed by atoms with van der Waals surface area (Å²) in [6.45, 7) is 0. The summed E-state index contributed by atoms with van der Waals surface area (Å²) < 4.78 is 0. The Bertz CT molecular complexity index is 396. The van der Waals surface area contributed by atoms with Crippen molar-refractivity contribution in [2.45, 2.75) is 49.9 Å². The maximum absolute atomic E-state index is 10.9. The molecule has 10 nitrogen and oxygen atoms in total. The Hall–Kier alpha value is -2.20. The second kappa shape index (κ2) is 7.71. The molecule has 2 unspecified atom stereocenters. The zero-order chi connectivity index (χ0) is 16.9. The molecule has 22 heavy (non-hydrogen) atoms. The summed E-state index contributed by atoms with van der Waals surface area (Å²) in [7, 11) is 0. The first-order valence-corrected chi connectivity index (χ1v) is 6.67. The molecule has 0 aromatic carbocycles. The molecule has 10 heteroatoms. The van der Waals surface area contributed by atoms with Crippen molar-refractivity contribution in [2.75, 3.05) is 0 Å². The molecule has 0 spiro atoms. The lowest BCUT2D eigenvalue weighted by Gasteiger charge is -2.35. The van der Waals surface area contributed by atoms with Gasteiger partial charge in [0.15, 0.2) is 0 Å². The molecule has 1 saturated carbocycles. The van der Waals surface area contributed by atoms with Gasteiger partial charge in [-0.1, -0.05) is 12.8 Å². The van der Waals surface area contributed by atoms with Gasteiger partial charge in [-0.2, -0.15) is 0 Å². The van der Waals surface area contributed by atoms with Gasteiger partial charge in [-0.15, -0.1) is 0 Å². The molecule has 1 aliphatic rings. The monoisotopic (exact) mass is 318 g/mol. The highest BCUT2D eigenvalue weighted by Gasteiger charge is 2.36. The molecule has 0 amide bonds. The number of carboxylic acids is 4. The standard InChI is InChI=1S/C12H18N2O8/c15-9(16)7(10(17)18)13-5-3-1-2-4-6(5)14-8(11(19)20)12(21)22/h5-8,13-14H,1-4H2,(H,15,16)(H,17,18)(H,19,20)(H,21,22). The van der Waals surface area contributed by atoms with Gasteiger partial charge in [-0.05, 0) is 12.8 Å². The van der Waals surface area contributed by atoms with Crippen molar-refractivity contribution in [2.24, 2.45) is 0 Å². The molecule has 0 saturated heterocycles. The van der Waals surface area contributed by atoms with Gasteiger partial charge in [0, 0.05) is 12.1 Å². The summed E-state index contributed by atoms with van der Waals surface area (Å²) >= 11 is 0. The average Bonchev–Trinajstić information content (AvgIpc) is 2.41. The van der Waals surface area contributed by atoms with Crippen molar-refractivity contribution >= 4 is 23.9 Å². The molecular formula is C12H18N2O8. The Kier molecular flexibility index (Phi) is 6.25. The van der Waals surface area contributed by atoms with Crippen LogP contribution in [0.5, 0.6) is 0 Å². The van der Waals surface area contributed by atoms with Gasteiger partial charge in [0.2, 0.25) is 12.1 Å². The molecule has 0 radical (unpaired) electrons. The molecular weight excluding hydrogens is 300 g/mol. The van der Waals surface area contributed by atoms with Crippen molar-refractivity contribution in [1.29, 1.82) is 0 Å². The van der Waals surface area contributed by atoms with Crippen molar-refractivity contribution in [3.05, 3.63) is 0 Å². The van der Waals surface area contributed by atoms with Crippen LogP contribution in [0.1, 0.15) is 25.7 Å². The van der Waals surface area contributed by atoms with Gasteiger partial charge >= 0.3 is 23.9 Å². The van der Waals surface area contributed by atoms with Gasteiger partial charge in [0.1, 0.15) is 0 Å². The fourth-order valence-corrected chi connectivity index (χ4v) is 2.45. The lowest BCUT2D eigenvalue weighted by atomic mass is 9.89. The molecule has 6 N–H and O–H groups in total. The smallest absolute Gasteiger partial charge is 0.332 e. The van der Waals surface area contributed by atoms with Gasteiger partial charge in [-0.3, -0.25) is 10.6 Å². The Labute approximate surface area is 125 Å². The van der Waals surface area contributed by atoms with E-state index < -0.39 is 48.0 Å². The van der Waals surface area contributed by atoms with E-state index in [1.165, 1.54) is 0 Å². The minimum absolute atomic E-state index is 0.417. The molecule has 0 aromatic rings. The third-order valence-electron chi connectivity index (χ3n) is 3.52. The Morgan fingerprint density at radius 2 is 0.955 bits per heavy atom. The van der Waals surface area contributed by atoms with E-state index >= 15 is 0 Å². The normalized spacial score (nSPS) is 21.7. The second-order valence-corrected chi connectivity index (χ2v) is 5.05. The number of aliphatic carboxylic acids is 4. The SMILES string of the molecule is O=C(O)C(NC1CCCCC1NC(C(=O)O)C(=O)O)C(=O)O. The zero-order valence-electron chi connectivity index (χ0n) is 11.6. The van der Waals surface area contributed by atoms with Crippen molar-refractivity contribution in [3.63, 3.8) is 0 Å². The van der Waals surface area contributed by atoms with Gasteiger partial charge in [0.05, 0.1) is 0 Å². The van der Waals surface area contributed by atoms with Crippen LogP contribution >= 0.6 is 0 Å². The lowest BCUT2D eigenvalue weighted by Crippen LogP contribution is -2.60. The number of rotatable bonds is 8. The van der Waals surface area contributed by atoms with Crippen LogP contribution in [-0.2, 0) is 19.2 Å². The topological polar surface area (TPSA) is 173 Å². The predicted octanol–water partition coefficient (Wildman–Crippen LogP) is -1.45. The fraction of sp³-hybridized carbons (Fsp3) is 0.667. The van der Waals surface area contributed by atoms with Crippen LogP contribution in [0.2, 0.25) is 0 Å². The highest BCUT2D eigenvalue weighted by Crippen LogP contribution is 2.20. The van der Waals surface area contributed by atoms with Crippen molar-refractivity contribution in [3.8, 4) is 0 Å². The Balaban J connectivity index is 2.82. The first-order chi connectivity index (χ1) is 10.2. The highest BCUT2D eigenvalue weighted by atomic mass is 16.4. The van der Waals surface area contributed by atoms with Crippen LogP contribution < -0.4 is 10.6 Å². The van der Waals surface area contributed by atoms with E-state index in [4.69, 9.17) is 20.4 Å². The maximum Gasteiger partial charge on any atom is 0.332 e. The quantitative estimate of drug-likeness (QED) is 0.291. The van der Waals surface area contributed by atoms with Crippen molar-refractivity contribution in [1.82, 2.24) is 10.6 Å². The van der Waals surface area contributed by atoms with Gasteiger partial charge in [-0.25, -0.2) is 19.2 Å². The largest absolute Gasteiger partial charge is 0.480 e. The van der Waals surface area contributed by atoms with E-state index in [2.05, 4.69) is 10.6 Å². The summed E-state index contributed by atoms with van der Waals surface area (Å²) in [4.78, 5) is 43.6. The third-order valence-corrected chi connectivity index (χ3v) is 3.52. The van der Waals surface area contributed by atoms with Crippen LogP contribution in [0.25, 0.3) is 0 Å². The number of carboxylic acid groups (broad SMARTS) is 4. The predicted molar refractivity (Wildman–Crippen MR) is 70.4 cm³/mol. The van der Waals surface area contributed by atoms with E-state index in [9.17, 15) is 19.2 Å². The summed E-state index contributed by atoms with van der Waals surface area (Å²) in [6.07, 6.45) is 2.24. The fourth-order valence-electron chi connectivity index (χ4n) is 2.45. The number of hydrogen-bond acceptors (Lipinski definition) is 6. The molecule has 1 aliphatic carbocycles. The Morgan fingerprint density at radius 1 is 0.682 bits per heavy atom. The lowest BCUT2D eigenvalue weighted by molar-refractivity contribution is -0.154. The molecule has 124 valence electrons. The maximum atomic E-state index is 10.9. The highest BCUT2D eigenvalue weighted by molar-refractivity contribution is 5.98. The third kappa shape index (κ3) is 4.67. The minimum Gasteiger partial charge on any atom is -0.480 e. The summed E-state index contributed by atoms with van der Waals surface area (Å²) in [5.41, 5.74) is 0. The Morgan fingerprint density at radius 3 is 1.18 bits per heavy atom. The second-order valence-electron chi connectivity index (χ2n) is 5.05. The van der Waals surface area contributed by atoms with E-state index in [1.807, 2.05) is 0 Å². The molecule has 0 aliphatic heterocycles. The van der Waals surface area contributed by atoms with Crippen LogP contribution in [0.4, 0.5) is 0 Å². The molecule has 1 rings (SSSR count). The van der Waals surface area contributed by atoms with Gasteiger partial charge < -0.3 is 20.4 Å². The number of hydrogen-bond donors (Lipinski definition) is 6. The van der Waals surface area contributed by atoms with Crippen molar-refractivity contribution < 1.29 is 39.6 Å². The minimum atomic E-state index is -1.83. The number of carbonyl (C=O) groups is 4. The van der Waals surface area contributed by atoms with E-state index in [0.717, 1.165) is 0 Å². The molecule has 0 bridgehead atoms.